The van der Waals surface area contributed by atoms with E-state index in [4.69, 9.17) is 21.3 Å². The van der Waals surface area contributed by atoms with Crippen molar-refractivity contribution in [3.8, 4) is 17.0 Å². The first-order chi connectivity index (χ1) is 19.9. The van der Waals surface area contributed by atoms with Crippen LogP contribution in [0.2, 0.25) is 5.02 Å². The second-order valence-corrected chi connectivity index (χ2v) is 10.9. The predicted octanol–water partition coefficient (Wildman–Crippen LogP) is 5.48. The van der Waals surface area contributed by atoms with Gasteiger partial charge < -0.3 is 24.6 Å². The molecule has 1 fully saturated rings. The number of nitrogens with one attached hydrogen (secondary N) is 1. The van der Waals surface area contributed by atoms with Crippen molar-refractivity contribution in [2.24, 2.45) is 7.05 Å². The van der Waals surface area contributed by atoms with Gasteiger partial charge in [-0.05, 0) is 56.9 Å². The molecule has 2 N–H and O–H groups in total. The number of hydrogen-bond acceptors (Lipinski definition) is 5. The van der Waals surface area contributed by atoms with Crippen LogP contribution in [-0.2, 0) is 18.3 Å². The number of hydrogen-bond donors (Lipinski definition) is 2. The number of benzene rings is 2. The van der Waals surface area contributed by atoms with Crippen LogP contribution in [0.1, 0.15) is 60.9 Å². The predicted molar refractivity (Wildman–Crippen MR) is 152 cm³/mol. The van der Waals surface area contributed by atoms with Gasteiger partial charge in [0.1, 0.15) is 11.6 Å². The Bertz CT molecular complexity index is 1410. The maximum Gasteiger partial charge on any atom is 0.425 e. The zero-order valence-electron chi connectivity index (χ0n) is 23.6. The molecule has 3 aromatic rings. The number of likely N-dealkylation sites (tertiary alicyclic amines) is 1. The lowest BCUT2D eigenvalue weighted by atomic mass is 10.0. The lowest BCUT2D eigenvalue weighted by Crippen LogP contribution is -2.37. The summed E-state index contributed by atoms with van der Waals surface area (Å²) < 4.78 is 45.3. The van der Waals surface area contributed by atoms with E-state index in [2.05, 4.69) is 5.32 Å². The van der Waals surface area contributed by atoms with Crippen LogP contribution in [0.4, 0.5) is 13.2 Å². The van der Waals surface area contributed by atoms with E-state index < -0.39 is 24.2 Å². The minimum absolute atomic E-state index is 0.118. The van der Waals surface area contributed by atoms with E-state index >= 15 is 0 Å². The number of carbonyl (C=O) groups excluding carboxylic acids is 2. The molecule has 1 aliphatic rings. The Kier molecular flexibility index (Phi) is 9.83. The van der Waals surface area contributed by atoms with E-state index in [9.17, 15) is 27.9 Å². The Morgan fingerprint density at radius 2 is 1.90 bits per heavy atom. The van der Waals surface area contributed by atoms with Crippen LogP contribution < -0.4 is 10.1 Å². The highest BCUT2D eigenvalue weighted by molar-refractivity contribution is 6.32. The number of aryl methyl sites for hydroxylation is 1. The lowest BCUT2D eigenvalue weighted by molar-refractivity contribution is -0.189. The van der Waals surface area contributed by atoms with Gasteiger partial charge in [0.25, 0.3) is 5.91 Å². The van der Waals surface area contributed by atoms with Crippen LogP contribution in [0, 0.1) is 0 Å². The fourth-order valence-corrected chi connectivity index (χ4v) is 5.19. The van der Waals surface area contributed by atoms with E-state index in [-0.39, 0.29) is 34.9 Å². The van der Waals surface area contributed by atoms with Crippen LogP contribution in [0.3, 0.4) is 0 Å². The van der Waals surface area contributed by atoms with Gasteiger partial charge in [0.2, 0.25) is 5.91 Å². The van der Waals surface area contributed by atoms with Crippen LogP contribution in [0.25, 0.3) is 11.3 Å². The normalized spacial score (nSPS) is 15.9. The monoisotopic (exact) mass is 606 g/mol. The number of amides is 2. The van der Waals surface area contributed by atoms with Crippen molar-refractivity contribution in [2.45, 2.75) is 63.9 Å². The van der Waals surface area contributed by atoms with Gasteiger partial charge in [-0.15, -0.1) is 0 Å². The zero-order chi connectivity index (χ0) is 30.6. The topological polar surface area (TPSA) is 96.7 Å². The third-order valence-electron chi connectivity index (χ3n) is 7.37. The SMILES string of the molecule is CC(Oc1ccc(C(=O)NC(CCO)Cc2ccc(-c3cn(C)c([C@@H](C)N4CCCC4=O)n3)cc2)cc1Cl)C(F)(F)F. The van der Waals surface area contributed by atoms with Gasteiger partial charge in [0.05, 0.1) is 16.8 Å². The molecule has 1 aromatic heterocycles. The maximum atomic E-state index is 12.9. The highest BCUT2D eigenvalue weighted by atomic mass is 35.5. The minimum atomic E-state index is -4.55. The number of carbonyl (C=O) groups is 2. The first-order valence-electron chi connectivity index (χ1n) is 13.7. The Labute approximate surface area is 247 Å². The van der Waals surface area contributed by atoms with Crippen molar-refractivity contribution in [3.63, 3.8) is 0 Å². The van der Waals surface area contributed by atoms with E-state index in [0.717, 1.165) is 42.5 Å². The van der Waals surface area contributed by atoms with Crippen molar-refractivity contribution in [3.05, 3.63) is 70.6 Å². The number of alkyl halides is 3. The Balaban J connectivity index is 1.40. The molecule has 0 saturated carbocycles. The summed E-state index contributed by atoms with van der Waals surface area (Å²) in [6.07, 6.45) is -2.52. The van der Waals surface area contributed by atoms with Gasteiger partial charge in [-0.25, -0.2) is 4.98 Å². The molecule has 42 heavy (non-hydrogen) atoms. The lowest BCUT2D eigenvalue weighted by Gasteiger charge is -2.23. The molecule has 2 unspecified atom stereocenters. The van der Waals surface area contributed by atoms with Crippen LogP contribution in [-0.4, -0.2) is 62.8 Å². The Morgan fingerprint density at radius 3 is 2.50 bits per heavy atom. The molecule has 2 aromatic carbocycles. The van der Waals surface area contributed by atoms with Crippen molar-refractivity contribution < 1.29 is 32.6 Å². The summed E-state index contributed by atoms with van der Waals surface area (Å²) in [5, 5.41) is 12.3. The molecule has 4 rings (SSSR count). The van der Waals surface area contributed by atoms with Crippen LogP contribution in [0.15, 0.2) is 48.7 Å². The number of ether oxygens (including phenoxy) is 1. The summed E-state index contributed by atoms with van der Waals surface area (Å²) in [7, 11) is 1.91. The number of aliphatic hydroxyl groups is 1. The molecule has 12 heteroatoms. The largest absolute Gasteiger partial charge is 0.480 e. The third-order valence-corrected chi connectivity index (χ3v) is 7.66. The highest BCUT2D eigenvalue weighted by Gasteiger charge is 2.38. The minimum Gasteiger partial charge on any atom is -0.480 e. The van der Waals surface area contributed by atoms with Crippen LogP contribution in [0.5, 0.6) is 5.75 Å². The van der Waals surface area contributed by atoms with Crippen molar-refractivity contribution in [2.75, 3.05) is 13.2 Å². The molecule has 0 bridgehead atoms. The molecule has 2 amide bonds. The first-order valence-corrected chi connectivity index (χ1v) is 14.1. The second-order valence-electron chi connectivity index (χ2n) is 10.5. The van der Waals surface area contributed by atoms with Gasteiger partial charge in [-0.2, -0.15) is 13.2 Å². The molecule has 226 valence electrons. The van der Waals surface area contributed by atoms with Crippen molar-refractivity contribution >= 4 is 23.4 Å². The standard InChI is InChI=1S/C30H34ClF3N4O4/c1-18(38-13-4-5-27(38)40)28-36-25(17-37(28)3)21-8-6-20(7-9-21)15-23(12-14-39)35-29(41)22-10-11-26(24(31)16-22)42-19(2)30(32,33)34/h6-11,16-19,23,39H,4-5,12-15H2,1-3H3,(H,35,41)/t18-,19?,23?/m1/s1. The van der Waals surface area contributed by atoms with Gasteiger partial charge in [-0.1, -0.05) is 35.9 Å². The number of imidazole rings is 1. The second kappa shape index (κ2) is 13.2. The van der Waals surface area contributed by atoms with Crippen molar-refractivity contribution in [1.82, 2.24) is 19.8 Å². The van der Waals surface area contributed by atoms with Gasteiger partial charge in [0.15, 0.2) is 6.10 Å². The number of aromatic nitrogens is 2. The maximum absolute atomic E-state index is 12.9. The molecule has 0 radical (unpaired) electrons. The molecule has 2 heterocycles. The smallest absolute Gasteiger partial charge is 0.425 e. The molecule has 3 atom stereocenters. The molecular formula is C30H34ClF3N4O4. The average molecular weight is 607 g/mol. The summed E-state index contributed by atoms with van der Waals surface area (Å²) in [5.41, 5.74) is 2.76. The molecule has 0 spiro atoms. The van der Waals surface area contributed by atoms with Gasteiger partial charge in [0, 0.05) is 50.0 Å². The van der Waals surface area contributed by atoms with Crippen molar-refractivity contribution in [1.29, 1.82) is 0 Å². The molecule has 1 aliphatic heterocycles. The summed E-state index contributed by atoms with van der Waals surface area (Å²) in [5.74, 6) is 0.299. The molecular weight excluding hydrogens is 573 g/mol. The van der Waals surface area contributed by atoms with E-state index in [1.165, 1.54) is 18.2 Å². The van der Waals surface area contributed by atoms with E-state index in [1.807, 2.05) is 53.9 Å². The number of halogens is 4. The zero-order valence-corrected chi connectivity index (χ0v) is 24.4. The Morgan fingerprint density at radius 1 is 1.19 bits per heavy atom. The number of rotatable bonds is 11. The summed E-state index contributed by atoms with van der Waals surface area (Å²) in [6, 6.07) is 11.0. The third kappa shape index (κ3) is 7.43. The van der Waals surface area contributed by atoms with Gasteiger partial charge >= 0.3 is 6.18 Å². The van der Waals surface area contributed by atoms with Gasteiger partial charge in [-0.3, -0.25) is 9.59 Å². The molecule has 0 aliphatic carbocycles. The summed E-state index contributed by atoms with van der Waals surface area (Å²) in [4.78, 5) is 31.7. The fraction of sp³-hybridized carbons (Fsp3) is 0.433. The highest BCUT2D eigenvalue weighted by Crippen LogP contribution is 2.31. The molecule has 1 saturated heterocycles. The average Bonchev–Trinajstić information content (AvgIpc) is 3.54. The fourth-order valence-electron chi connectivity index (χ4n) is 4.97. The summed E-state index contributed by atoms with van der Waals surface area (Å²) >= 11 is 6.09. The number of nitrogens with zero attached hydrogens (tertiary/aromatic N) is 3. The first kappa shape index (κ1) is 31.4. The van der Waals surface area contributed by atoms with Crippen LogP contribution >= 0.6 is 11.6 Å². The van der Waals surface area contributed by atoms with E-state index in [0.29, 0.717) is 19.3 Å². The molecule has 8 nitrogen and oxygen atoms in total. The number of aliphatic hydroxyl groups excluding tert-OH is 1. The van der Waals surface area contributed by atoms with E-state index in [1.54, 1.807) is 0 Å². The Hall–Kier alpha value is -3.57. The quantitative estimate of drug-likeness (QED) is 0.301. The summed E-state index contributed by atoms with van der Waals surface area (Å²) in [6.45, 7) is 3.44.